The number of aliphatic hydroxyl groups excluding tert-OH is 1. The third kappa shape index (κ3) is 2.86. The first-order valence-electron chi connectivity index (χ1n) is 8.56. The fraction of sp³-hybridized carbons (Fsp3) is 0.250. The molecule has 0 spiro atoms. The van der Waals surface area contributed by atoms with E-state index in [0.717, 1.165) is 11.1 Å². The molecule has 138 valence electrons. The lowest BCUT2D eigenvalue weighted by atomic mass is 9.91. The van der Waals surface area contributed by atoms with Gasteiger partial charge in [0.25, 0.3) is 0 Å². The van der Waals surface area contributed by atoms with Crippen molar-refractivity contribution >= 4 is 12.0 Å². The third-order valence-corrected chi connectivity index (χ3v) is 4.82. The summed E-state index contributed by atoms with van der Waals surface area (Å²) in [5.41, 5.74) is 2.10. The van der Waals surface area contributed by atoms with Crippen molar-refractivity contribution < 1.29 is 33.6 Å². The minimum atomic E-state index is -1.19. The number of rotatable bonds is 3. The maximum Gasteiger partial charge on any atom is 0.336 e. The summed E-state index contributed by atoms with van der Waals surface area (Å²) in [6.07, 6.45) is 0.959. The highest BCUT2D eigenvalue weighted by Crippen LogP contribution is 2.37. The van der Waals surface area contributed by atoms with E-state index in [2.05, 4.69) is 0 Å². The van der Waals surface area contributed by atoms with E-state index in [9.17, 15) is 9.90 Å². The SMILES string of the molecule is O=C1O[C@@H](O)[C@H](Cc2ccc3c(c2)OCO3)/C1=C\c1ccc2c(c1)OCO2. The van der Waals surface area contributed by atoms with Crippen LogP contribution in [0, 0.1) is 5.92 Å². The number of fused-ring (bicyclic) bond motifs is 2. The molecule has 3 aliphatic rings. The van der Waals surface area contributed by atoms with Crippen LogP contribution in [0.25, 0.3) is 6.08 Å². The zero-order chi connectivity index (χ0) is 18.4. The Morgan fingerprint density at radius 3 is 2.37 bits per heavy atom. The lowest BCUT2D eigenvalue weighted by molar-refractivity contribution is -0.155. The molecule has 0 radical (unpaired) electrons. The predicted molar refractivity (Wildman–Crippen MR) is 92.4 cm³/mol. The zero-order valence-corrected chi connectivity index (χ0v) is 14.2. The molecule has 3 heterocycles. The van der Waals surface area contributed by atoms with Gasteiger partial charge in [-0.2, -0.15) is 0 Å². The van der Waals surface area contributed by atoms with Gasteiger partial charge in [0.1, 0.15) is 0 Å². The van der Waals surface area contributed by atoms with Crippen LogP contribution >= 0.6 is 0 Å². The van der Waals surface area contributed by atoms with Crippen molar-refractivity contribution in [3.05, 3.63) is 53.1 Å². The molecule has 7 nitrogen and oxygen atoms in total. The Morgan fingerprint density at radius 1 is 0.926 bits per heavy atom. The zero-order valence-electron chi connectivity index (χ0n) is 14.2. The molecule has 27 heavy (non-hydrogen) atoms. The highest BCUT2D eigenvalue weighted by Gasteiger charge is 2.39. The molecular weight excluding hydrogens is 352 g/mol. The van der Waals surface area contributed by atoms with Crippen LogP contribution in [0.5, 0.6) is 23.0 Å². The minimum Gasteiger partial charge on any atom is -0.454 e. The molecule has 2 aromatic rings. The average molecular weight is 368 g/mol. The normalized spacial score (nSPS) is 23.7. The Hall–Kier alpha value is -3.19. The second kappa shape index (κ2) is 6.21. The summed E-state index contributed by atoms with van der Waals surface area (Å²) < 4.78 is 26.4. The van der Waals surface area contributed by atoms with Gasteiger partial charge in [0, 0.05) is 5.57 Å². The smallest absolute Gasteiger partial charge is 0.336 e. The van der Waals surface area contributed by atoms with E-state index in [4.69, 9.17) is 23.7 Å². The molecule has 0 aromatic heterocycles. The first-order chi connectivity index (χ1) is 13.2. The van der Waals surface area contributed by atoms with Gasteiger partial charge >= 0.3 is 5.97 Å². The Kier molecular flexibility index (Phi) is 3.68. The number of carbonyl (C=O) groups is 1. The molecule has 2 atom stereocenters. The number of aliphatic hydroxyl groups is 1. The molecule has 5 rings (SSSR count). The highest BCUT2D eigenvalue weighted by atomic mass is 16.7. The number of hydrogen-bond acceptors (Lipinski definition) is 7. The van der Waals surface area contributed by atoms with E-state index in [1.807, 2.05) is 24.3 Å². The van der Waals surface area contributed by atoms with Crippen molar-refractivity contribution in [2.75, 3.05) is 13.6 Å². The van der Waals surface area contributed by atoms with Crippen molar-refractivity contribution in [3.8, 4) is 23.0 Å². The molecule has 7 heteroatoms. The van der Waals surface area contributed by atoms with Crippen LogP contribution in [0.2, 0.25) is 0 Å². The monoisotopic (exact) mass is 368 g/mol. The van der Waals surface area contributed by atoms with Crippen molar-refractivity contribution in [2.45, 2.75) is 12.7 Å². The lowest BCUT2D eigenvalue weighted by Gasteiger charge is -2.13. The Balaban J connectivity index is 1.44. The topological polar surface area (TPSA) is 83.5 Å². The van der Waals surface area contributed by atoms with Gasteiger partial charge < -0.3 is 28.8 Å². The number of esters is 1. The van der Waals surface area contributed by atoms with Gasteiger partial charge in [-0.25, -0.2) is 4.79 Å². The van der Waals surface area contributed by atoms with E-state index < -0.39 is 18.2 Å². The number of cyclic esters (lactones) is 1. The quantitative estimate of drug-likeness (QED) is 0.657. The molecule has 0 bridgehead atoms. The average Bonchev–Trinajstić information content (AvgIpc) is 3.36. The molecule has 1 saturated heterocycles. The highest BCUT2D eigenvalue weighted by molar-refractivity contribution is 5.96. The molecule has 0 saturated carbocycles. The van der Waals surface area contributed by atoms with Gasteiger partial charge in [-0.15, -0.1) is 0 Å². The van der Waals surface area contributed by atoms with Crippen LogP contribution < -0.4 is 18.9 Å². The molecule has 2 aromatic carbocycles. The second-order valence-corrected chi connectivity index (χ2v) is 6.51. The number of carbonyl (C=O) groups excluding carboxylic acids is 1. The van der Waals surface area contributed by atoms with Gasteiger partial charge in [-0.3, -0.25) is 0 Å². The first kappa shape index (κ1) is 16.0. The molecule has 0 aliphatic carbocycles. The van der Waals surface area contributed by atoms with Gasteiger partial charge in [-0.1, -0.05) is 12.1 Å². The summed E-state index contributed by atoms with van der Waals surface area (Å²) in [5, 5.41) is 10.2. The minimum absolute atomic E-state index is 0.183. The van der Waals surface area contributed by atoms with Crippen molar-refractivity contribution in [1.82, 2.24) is 0 Å². The van der Waals surface area contributed by atoms with E-state index in [0.29, 0.717) is 35.0 Å². The van der Waals surface area contributed by atoms with Crippen LogP contribution in [0.4, 0.5) is 0 Å². The van der Waals surface area contributed by atoms with Crippen LogP contribution in [0.1, 0.15) is 11.1 Å². The molecule has 3 aliphatic heterocycles. The van der Waals surface area contributed by atoms with E-state index in [-0.39, 0.29) is 13.6 Å². The van der Waals surface area contributed by atoms with Gasteiger partial charge in [0.15, 0.2) is 23.0 Å². The number of hydrogen-bond donors (Lipinski definition) is 1. The summed E-state index contributed by atoms with van der Waals surface area (Å²) in [6.45, 7) is 0.380. The fourth-order valence-corrected chi connectivity index (χ4v) is 3.45. The van der Waals surface area contributed by atoms with Gasteiger partial charge in [0.2, 0.25) is 19.9 Å². The third-order valence-electron chi connectivity index (χ3n) is 4.82. The fourth-order valence-electron chi connectivity index (χ4n) is 3.45. The Morgan fingerprint density at radius 2 is 1.59 bits per heavy atom. The van der Waals surface area contributed by atoms with Crippen LogP contribution in [0.15, 0.2) is 42.0 Å². The number of benzene rings is 2. The second-order valence-electron chi connectivity index (χ2n) is 6.51. The summed E-state index contributed by atoms with van der Waals surface area (Å²) in [5.74, 6) is 1.64. The van der Waals surface area contributed by atoms with Gasteiger partial charge in [-0.05, 0) is 47.9 Å². The molecular formula is C20H16O7. The van der Waals surface area contributed by atoms with Crippen molar-refractivity contribution in [1.29, 1.82) is 0 Å². The standard InChI is InChI=1S/C20H16O7/c21-19-13(5-11-1-3-15-17(7-11)25-9-23-15)14(20(22)27-19)6-12-2-4-16-18(8-12)26-10-24-16/h1-5,7-8,14,20,22H,6,9-10H2/b13-5+/t14-,20-/m1/s1. The van der Waals surface area contributed by atoms with Crippen LogP contribution in [-0.4, -0.2) is 31.0 Å². The maximum atomic E-state index is 12.3. The largest absolute Gasteiger partial charge is 0.454 e. The molecule has 0 unspecified atom stereocenters. The van der Waals surface area contributed by atoms with E-state index in [1.54, 1.807) is 18.2 Å². The summed E-state index contributed by atoms with van der Waals surface area (Å²) >= 11 is 0. The summed E-state index contributed by atoms with van der Waals surface area (Å²) in [4.78, 5) is 12.3. The van der Waals surface area contributed by atoms with Gasteiger partial charge in [0.05, 0.1) is 5.92 Å². The summed E-state index contributed by atoms with van der Waals surface area (Å²) in [7, 11) is 0. The van der Waals surface area contributed by atoms with Crippen molar-refractivity contribution in [3.63, 3.8) is 0 Å². The summed E-state index contributed by atoms with van der Waals surface area (Å²) in [6, 6.07) is 11.0. The number of ether oxygens (including phenoxy) is 5. The molecule has 0 amide bonds. The molecule has 1 fully saturated rings. The van der Waals surface area contributed by atoms with E-state index >= 15 is 0 Å². The predicted octanol–water partition coefficient (Wildman–Crippen LogP) is 2.26. The maximum absolute atomic E-state index is 12.3. The van der Waals surface area contributed by atoms with Crippen LogP contribution in [0.3, 0.4) is 0 Å². The molecule has 1 N–H and O–H groups in total. The van der Waals surface area contributed by atoms with Crippen molar-refractivity contribution in [2.24, 2.45) is 5.92 Å². The lowest BCUT2D eigenvalue weighted by Crippen LogP contribution is -2.18. The van der Waals surface area contributed by atoms with Crippen LogP contribution in [-0.2, 0) is 16.0 Å². The van der Waals surface area contributed by atoms with E-state index in [1.165, 1.54) is 0 Å². The Labute approximate surface area is 154 Å². The Bertz CT molecular complexity index is 949. The first-order valence-corrected chi connectivity index (χ1v) is 8.56.